The van der Waals surface area contributed by atoms with E-state index in [2.05, 4.69) is 30.4 Å². The van der Waals surface area contributed by atoms with Crippen molar-refractivity contribution >= 4 is 21.6 Å². The summed E-state index contributed by atoms with van der Waals surface area (Å²) in [4.78, 5) is 4.72. The molecule has 0 saturated carbocycles. The van der Waals surface area contributed by atoms with Crippen LogP contribution in [0, 0.1) is 5.92 Å². The van der Waals surface area contributed by atoms with E-state index < -0.39 is 0 Å². The van der Waals surface area contributed by atoms with Crippen molar-refractivity contribution in [2.45, 2.75) is 31.9 Å². The predicted molar refractivity (Wildman–Crippen MR) is 79.7 cm³/mol. The van der Waals surface area contributed by atoms with Crippen LogP contribution in [0.25, 0.3) is 10.2 Å². The molecule has 1 saturated heterocycles. The number of hydrogen-bond acceptors (Lipinski definition) is 4. The van der Waals surface area contributed by atoms with Crippen molar-refractivity contribution in [3.8, 4) is 0 Å². The lowest BCUT2D eigenvalue weighted by Gasteiger charge is -2.24. The number of ether oxygens (including phenoxy) is 1. The highest BCUT2D eigenvalue weighted by Gasteiger charge is 2.31. The van der Waals surface area contributed by atoms with Crippen molar-refractivity contribution in [1.82, 2.24) is 10.3 Å². The van der Waals surface area contributed by atoms with E-state index in [1.54, 1.807) is 11.3 Å². The normalized spacial score (nSPS) is 24.9. The second-order valence-corrected chi connectivity index (χ2v) is 6.39. The Morgan fingerprint density at radius 2 is 2.32 bits per heavy atom. The van der Waals surface area contributed by atoms with Crippen molar-refractivity contribution in [1.29, 1.82) is 0 Å². The van der Waals surface area contributed by atoms with Crippen LogP contribution in [0.1, 0.15) is 18.4 Å². The SMILES string of the molecule is CNC(Cc1nc2ccccc2s1)C1OCCC1C. The van der Waals surface area contributed by atoms with Gasteiger partial charge in [-0.2, -0.15) is 0 Å². The van der Waals surface area contributed by atoms with Crippen molar-refractivity contribution in [2.24, 2.45) is 5.92 Å². The minimum absolute atomic E-state index is 0.317. The first-order valence-electron chi connectivity index (χ1n) is 6.91. The van der Waals surface area contributed by atoms with E-state index in [4.69, 9.17) is 9.72 Å². The van der Waals surface area contributed by atoms with Gasteiger partial charge in [-0.25, -0.2) is 4.98 Å². The number of benzene rings is 1. The van der Waals surface area contributed by atoms with E-state index in [0.717, 1.165) is 18.5 Å². The predicted octanol–water partition coefficient (Wildman–Crippen LogP) is 2.85. The van der Waals surface area contributed by atoms with E-state index in [9.17, 15) is 0 Å². The summed E-state index contributed by atoms with van der Waals surface area (Å²) in [5, 5.41) is 4.61. The zero-order valence-corrected chi connectivity index (χ0v) is 12.2. The van der Waals surface area contributed by atoms with Crippen molar-refractivity contribution in [2.75, 3.05) is 13.7 Å². The standard InChI is InChI=1S/C15H20N2OS/c1-10-7-8-18-15(10)12(16-2)9-14-17-11-5-3-4-6-13(11)19-14/h3-6,10,12,15-16H,7-9H2,1-2H3. The summed E-state index contributed by atoms with van der Waals surface area (Å²) in [6.07, 6.45) is 2.44. The molecule has 0 radical (unpaired) electrons. The zero-order valence-electron chi connectivity index (χ0n) is 11.4. The van der Waals surface area contributed by atoms with Gasteiger partial charge in [0.1, 0.15) is 0 Å². The molecule has 1 aliphatic rings. The van der Waals surface area contributed by atoms with Crippen LogP contribution < -0.4 is 5.32 Å². The molecule has 1 fully saturated rings. The Hall–Kier alpha value is -0.970. The van der Waals surface area contributed by atoms with E-state index in [1.807, 2.05) is 13.1 Å². The maximum Gasteiger partial charge on any atom is 0.0955 e. The van der Waals surface area contributed by atoms with Crippen LogP contribution in [0.4, 0.5) is 0 Å². The van der Waals surface area contributed by atoms with Crippen molar-refractivity contribution in [3.63, 3.8) is 0 Å². The highest BCUT2D eigenvalue weighted by molar-refractivity contribution is 7.18. The van der Waals surface area contributed by atoms with Gasteiger partial charge < -0.3 is 10.1 Å². The number of hydrogen-bond donors (Lipinski definition) is 1. The summed E-state index contributed by atoms with van der Waals surface area (Å²) in [7, 11) is 2.02. The third-order valence-corrected chi connectivity index (χ3v) is 5.00. The average Bonchev–Trinajstić information content (AvgIpc) is 3.01. The number of likely N-dealkylation sites (N-methyl/N-ethyl adjacent to an activating group) is 1. The molecule has 3 nitrogen and oxygen atoms in total. The van der Waals surface area contributed by atoms with Crippen LogP contribution in [-0.2, 0) is 11.2 Å². The lowest BCUT2D eigenvalue weighted by atomic mass is 9.96. The second kappa shape index (κ2) is 5.57. The summed E-state index contributed by atoms with van der Waals surface area (Å²) < 4.78 is 7.15. The van der Waals surface area contributed by atoms with Gasteiger partial charge in [-0.15, -0.1) is 11.3 Å². The molecule has 0 spiro atoms. The quantitative estimate of drug-likeness (QED) is 0.932. The maximum absolute atomic E-state index is 5.88. The zero-order chi connectivity index (χ0) is 13.2. The maximum atomic E-state index is 5.88. The van der Waals surface area contributed by atoms with Gasteiger partial charge in [0.2, 0.25) is 0 Å². The van der Waals surface area contributed by atoms with Gasteiger partial charge in [0.05, 0.1) is 21.3 Å². The fraction of sp³-hybridized carbons (Fsp3) is 0.533. The van der Waals surface area contributed by atoms with Gasteiger partial charge in [0, 0.05) is 19.1 Å². The summed E-state index contributed by atoms with van der Waals surface area (Å²) in [6, 6.07) is 8.70. The summed E-state index contributed by atoms with van der Waals surface area (Å²) in [6.45, 7) is 3.17. The van der Waals surface area contributed by atoms with Gasteiger partial charge in [-0.1, -0.05) is 19.1 Å². The fourth-order valence-electron chi connectivity index (χ4n) is 2.81. The minimum atomic E-state index is 0.317. The third kappa shape index (κ3) is 2.66. The van der Waals surface area contributed by atoms with E-state index in [1.165, 1.54) is 16.1 Å². The molecule has 19 heavy (non-hydrogen) atoms. The molecule has 102 valence electrons. The van der Waals surface area contributed by atoms with Gasteiger partial charge >= 0.3 is 0 Å². The number of nitrogens with one attached hydrogen (secondary N) is 1. The highest BCUT2D eigenvalue weighted by Crippen LogP contribution is 2.27. The number of fused-ring (bicyclic) bond motifs is 1. The Morgan fingerprint density at radius 1 is 1.47 bits per heavy atom. The van der Waals surface area contributed by atoms with Crippen LogP contribution in [0.2, 0.25) is 0 Å². The Kier molecular flexibility index (Phi) is 3.82. The monoisotopic (exact) mass is 276 g/mol. The number of nitrogens with zero attached hydrogens (tertiary/aromatic N) is 1. The van der Waals surface area contributed by atoms with Crippen LogP contribution in [-0.4, -0.2) is 30.8 Å². The Bertz CT molecular complexity index is 521. The topological polar surface area (TPSA) is 34.2 Å². The molecule has 1 aromatic heterocycles. The third-order valence-electron chi connectivity index (χ3n) is 3.94. The largest absolute Gasteiger partial charge is 0.376 e. The van der Waals surface area contributed by atoms with Crippen molar-refractivity contribution in [3.05, 3.63) is 29.3 Å². The number of thiazole rings is 1. The fourth-order valence-corrected chi connectivity index (χ4v) is 3.83. The van der Waals surface area contributed by atoms with Crippen LogP contribution in [0.3, 0.4) is 0 Å². The molecule has 2 heterocycles. The first-order chi connectivity index (χ1) is 9.28. The Balaban J connectivity index is 1.78. The van der Waals surface area contributed by atoms with Gasteiger partial charge in [0.25, 0.3) is 0 Å². The lowest BCUT2D eigenvalue weighted by Crippen LogP contribution is -2.41. The smallest absolute Gasteiger partial charge is 0.0955 e. The van der Waals surface area contributed by atoms with Crippen LogP contribution in [0.15, 0.2) is 24.3 Å². The molecule has 1 aliphatic heterocycles. The van der Waals surface area contributed by atoms with E-state index >= 15 is 0 Å². The van der Waals surface area contributed by atoms with Crippen LogP contribution >= 0.6 is 11.3 Å². The number of para-hydroxylation sites is 1. The molecule has 0 amide bonds. The first-order valence-corrected chi connectivity index (χ1v) is 7.73. The van der Waals surface area contributed by atoms with Gasteiger partial charge in [0.15, 0.2) is 0 Å². The van der Waals surface area contributed by atoms with Gasteiger partial charge in [-0.05, 0) is 31.5 Å². The number of rotatable bonds is 4. The Labute approximate surface area is 118 Å². The second-order valence-electron chi connectivity index (χ2n) is 5.28. The molecule has 4 heteroatoms. The molecule has 0 bridgehead atoms. The molecule has 3 unspecified atom stereocenters. The average molecular weight is 276 g/mol. The van der Waals surface area contributed by atoms with Gasteiger partial charge in [-0.3, -0.25) is 0 Å². The Morgan fingerprint density at radius 3 is 3.00 bits per heavy atom. The molecule has 1 N–H and O–H groups in total. The summed E-state index contributed by atoms with van der Waals surface area (Å²) in [5.74, 6) is 0.631. The molecule has 0 aliphatic carbocycles. The highest BCUT2D eigenvalue weighted by atomic mass is 32.1. The molecule has 2 aromatic rings. The first kappa shape index (κ1) is 13.0. The summed E-state index contributed by atoms with van der Waals surface area (Å²) >= 11 is 1.79. The number of aromatic nitrogens is 1. The van der Waals surface area contributed by atoms with E-state index in [0.29, 0.717) is 18.1 Å². The van der Waals surface area contributed by atoms with Crippen molar-refractivity contribution < 1.29 is 4.74 Å². The summed E-state index contributed by atoms with van der Waals surface area (Å²) in [5.41, 5.74) is 1.11. The van der Waals surface area contributed by atoms with E-state index in [-0.39, 0.29) is 0 Å². The van der Waals surface area contributed by atoms with Crippen LogP contribution in [0.5, 0.6) is 0 Å². The molecule has 3 rings (SSSR count). The molecular weight excluding hydrogens is 256 g/mol. The molecule has 3 atom stereocenters. The molecular formula is C15H20N2OS. The minimum Gasteiger partial charge on any atom is -0.376 e. The lowest BCUT2D eigenvalue weighted by molar-refractivity contribution is 0.0634. The molecule has 1 aromatic carbocycles.